The molecule has 0 aliphatic carbocycles. The van der Waals surface area contributed by atoms with Crippen LogP contribution in [0.3, 0.4) is 0 Å². The summed E-state index contributed by atoms with van der Waals surface area (Å²) in [4.78, 5) is 0. The highest BCUT2D eigenvalue weighted by molar-refractivity contribution is 7.99. The van der Waals surface area contributed by atoms with Crippen molar-refractivity contribution >= 4 is 23.4 Å². The lowest BCUT2D eigenvalue weighted by atomic mass is 10.2. The van der Waals surface area contributed by atoms with E-state index in [1.807, 2.05) is 30.0 Å². The van der Waals surface area contributed by atoms with Crippen LogP contribution in [0.5, 0.6) is 0 Å². The molecular formula is C13H20ClNS. The Labute approximate surface area is 108 Å². The van der Waals surface area contributed by atoms with E-state index in [-0.39, 0.29) is 0 Å². The Morgan fingerprint density at radius 3 is 2.81 bits per heavy atom. The highest BCUT2D eigenvalue weighted by Crippen LogP contribution is 2.14. The maximum absolute atomic E-state index is 6.09. The zero-order chi connectivity index (χ0) is 11.8. The van der Waals surface area contributed by atoms with Gasteiger partial charge in [-0.05, 0) is 36.5 Å². The zero-order valence-electron chi connectivity index (χ0n) is 10.0. The normalized spacial score (nSPS) is 12.7. The largest absolute Gasteiger partial charge is 0.310 e. The van der Waals surface area contributed by atoms with Crippen LogP contribution in [-0.2, 0) is 6.54 Å². The molecule has 16 heavy (non-hydrogen) atoms. The summed E-state index contributed by atoms with van der Waals surface area (Å²) in [5.41, 5.74) is 1.18. The minimum absolute atomic E-state index is 0.551. The van der Waals surface area contributed by atoms with Gasteiger partial charge in [0.15, 0.2) is 0 Å². The van der Waals surface area contributed by atoms with Crippen LogP contribution in [-0.4, -0.2) is 17.5 Å². The number of hydrogen-bond donors (Lipinski definition) is 1. The topological polar surface area (TPSA) is 12.0 Å². The van der Waals surface area contributed by atoms with E-state index in [1.54, 1.807) is 0 Å². The second kappa shape index (κ2) is 7.99. The maximum atomic E-state index is 6.09. The number of halogens is 1. The molecule has 0 aliphatic rings. The van der Waals surface area contributed by atoms with E-state index in [0.29, 0.717) is 6.04 Å². The first-order valence-corrected chi connectivity index (χ1v) is 7.31. The minimum atomic E-state index is 0.551. The van der Waals surface area contributed by atoms with Crippen LogP contribution >= 0.6 is 23.4 Å². The Bertz CT molecular complexity index is 304. The summed E-state index contributed by atoms with van der Waals surface area (Å²) >= 11 is 8.09. The van der Waals surface area contributed by atoms with Crippen molar-refractivity contribution in [3.63, 3.8) is 0 Å². The summed E-state index contributed by atoms with van der Waals surface area (Å²) in [7, 11) is 0. The number of rotatable bonds is 7. The molecule has 1 N–H and O–H groups in total. The van der Waals surface area contributed by atoms with Gasteiger partial charge in [0, 0.05) is 17.6 Å². The molecule has 0 bridgehead atoms. The van der Waals surface area contributed by atoms with Gasteiger partial charge in [-0.3, -0.25) is 0 Å². The molecule has 1 aromatic rings. The summed E-state index contributed by atoms with van der Waals surface area (Å²) in [6, 6.07) is 8.56. The Balaban J connectivity index is 2.26. The van der Waals surface area contributed by atoms with E-state index in [2.05, 4.69) is 25.2 Å². The van der Waals surface area contributed by atoms with E-state index >= 15 is 0 Å². The predicted octanol–water partition coefficient (Wildman–Crippen LogP) is 3.96. The maximum Gasteiger partial charge on any atom is 0.0450 e. The van der Waals surface area contributed by atoms with Crippen molar-refractivity contribution in [1.82, 2.24) is 5.32 Å². The van der Waals surface area contributed by atoms with Gasteiger partial charge in [-0.2, -0.15) is 11.8 Å². The molecule has 1 aromatic carbocycles. The molecule has 1 rings (SSSR count). The average molecular weight is 258 g/mol. The minimum Gasteiger partial charge on any atom is -0.310 e. The van der Waals surface area contributed by atoms with Crippen molar-refractivity contribution in [3.05, 3.63) is 34.9 Å². The van der Waals surface area contributed by atoms with E-state index in [9.17, 15) is 0 Å². The highest BCUT2D eigenvalue weighted by Gasteiger charge is 2.03. The number of benzene rings is 1. The van der Waals surface area contributed by atoms with Crippen LogP contribution in [0, 0.1) is 0 Å². The lowest BCUT2D eigenvalue weighted by Gasteiger charge is -2.14. The standard InChI is InChI=1S/C13H20ClNS/c1-3-16-9-8-11(2)15-10-12-6-4-5-7-13(12)14/h4-7,11,15H,3,8-10H2,1-2H3. The summed E-state index contributed by atoms with van der Waals surface area (Å²) in [5, 5.41) is 4.35. The third-order valence-electron chi connectivity index (χ3n) is 2.50. The monoisotopic (exact) mass is 257 g/mol. The van der Waals surface area contributed by atoms with Gasteiger partial charge in [0.05, 0.1) is 0 Å². The molecule has 0 aromatic heterocycles. The third-order valence-corrected chi connectivity index (χ3v) is 3.80. The van der Waals surface area contributed by atoms with Crippen molar-refractivity contribution < 1.29 is 0 Å². The Hall–Kier alpha value is -0.180. The molecule has 0 amide bonds. The predicted molar refractivity (Wildman–Crippen MR) is 75.4 cm³/mol. The molecular weight excluding hydrogens is 238 g/mol. The molecule has 3 heteroatoms. The molecule has 0 spiro atoms. The van der Waals surface area contributed by atoms with Gasteiger partial charge in [-0.15, -0.1) is 0 Å². The first-order chi connectivity index (χ1) is 7.74. The van der Waals surface area contributed by atoms with Gasteiger partial charge in [-0.25, -0.2) is 0 Å². The molecule has 90 valence electrons. The summed E-state index contributed by atoms with van der Waals surface area (Å²) in [6.07, 6.45) is 1.21. The summed E-state index contributed by atoms with van der Waals surface area (Å²) in [5.74, 6) is 2.43. The summed E-state index contributed by atoms with van der Waals surface area (Å²) in [6.45, 7) is 5.29. The molecule has 1 nitrogen and oxygen atoms in total. The van der Waals surface area contributed by atoms with Crippen LogP contribution in [0.1, 0.15) is 25.8 Å². The van der Waals surface area contributed by atoms with Gasteiger partial charge in [-0.1, -0.05) is 36.7 Å². The molecule has 0 fully saturated rings. The Kier molecular flexibility index (Phi) is 6.93. The quantitative estimate of drug-likeness (QED) is 0.742. The fourth-order valence-corrected chi connectivity index (χ4v) is 2.44. The Morgan fingerprint density at radius 2 is 2.12 bits per heavy atom. The fourth-order valence-electron chi connectivity index (χ4n) is 1.43. The van der Waals surface area contributed by atoms with Crippen LogP contribution in [0.15, 0.2) is 24.3 Å². The van der Waals surface area contributed by atoms with Crippen LogP contribution < -0.4 is 5.32 Å². The first kappa shape index (κ1) is 13.9. The third kappa shape index (κ3) is 5.24. The summed E-state index contributed by atoms with van der Waals surface area (Å²) < 4.78 is 0. The smallest absolute Gasteiger partial charge is 0.0450 e. The lowest BCUT2D eigenvalue weighted by molar-refractivity contribution is 0.537. The second-order valence-electron chi connectivity index (χ2n) is 3.86. The van der Waals surface area contributed by atoms with E-state index in [1.165, 1.54) is 23.5 Å². The molecule has 0 aliphatic heterocycles. The van der Waals surface area contributed by atoms with Crippen molar-refractivity contribution in [1.29, 1.82) is 0 Å². The zero-order valence-corrected chi connectivity index (χ0v) is 11.6. The molecule has 0 saturated carbocycles. The van der Waals surface area contributed by atoms with Gasteiger partial charge in [0.1, 0.15) is 0 Å². The molecule has 1 unspecified atom stereocenters. The van der Waals surface area contributed by atoms with Crippen molar-refractivity contribution in [2.75, 3.05) is 11.5 Å². The van der Waals surface area contributed by atoms with E-state index in [4.69, 9.17) is 11.6 Å². The molecule has 0 heterocycles. The highest BCUT2D eigenvalue weighted by atomic mass is 35.5. The first-order valence-electron chi connectivity index (χ1n) is 5.78. The van der Waals surface area contributed by atoms with Crippen molar-refractivity contribution in [3.8, 4) is 0 Å². The number of thioether (sulfide) groups is 1. The van der Waals surface area contributed by atoms with E-state index < -0.39 is 0 Å². The van der Waals surface area contributed by atoms with Crippen LogP contribution in [0.25, 0.3) is 0 Å². The second-order valence-corrected chi connectivity index (χ2v) is 5.66. The van der Waals surface area contributed by atoms with Gasteiger partial charge in [0.25, 0.3) is 0 Å². The number of nitrogens with one attached hydrogen (secondary N) is 1. The fraction of sp³-hybridized carbons (Fsp3) is 0.538. The van der Waals surface area contributed by atoms with Gasteiger partial charge in [0.2, 0.25) is 0 Å². The average Bonchev–Trinajstić information content (AvgIpc) is 2.28. The SMILES string of the molecule is CCSCCC(C)NCc1ccccc1Cl. The molecule has 0 radical (unpaired) electrons. The van der Waals surface area contributed by atoms with Crippen molar-refractivity contribution in [2.24, 2.45) is 0 Å². The van der Waals surface area contributed by atoms with Gasteiger partial charge >= 0.3 is 0 Å². The van der Waals surface area contributed by atoms with Gasteiger partial charge < -0.3 is 5.32 Å². The van der Waals surface area contributed by atoms with Crippen molar-refractivity contribution in [2.45, 2.75) is 32.9 Å². The van der Waals surface area contributed by atoms with Crippen LogP contribution in [0.2, 0.25) is 5.02 Å². The van der Waals surface area contributed by atoms with E-state index in [0.717, 1.165) is 11.6 Å². The Morgan fingerprint density at radius 1 is 1.38 bits per heavy atom. The lowest BCUT2D eigenvalue weighted by Crippen LogP contribution is -2.26. The molecule has 0 saturated heterocycles. The molecule has 1 atom stereocenters. The number of hydrogen-bond acceptors (Lipinski definition) is 2. The van der Waals surface area contributed by atoms with Crippen LogP contribution in [0.4, 0.5) is 0 Å².